The molecule has 0 aliphatic carbocycles. The predicted molar refractivity (Wildman–Crippen MR) is 237 cm³/mol. The lowest BCUT2D eigenvalue weighted by Gasteiger charge is -2.32. The van der Waals surface area contributed by atoms with Gasteiger partial charge < -0.3 is 32.1 Å². The number of allylic oxidation sites excluding steroid dienone is 4. The Morgan fingerprint density at radius 3 is 1.90 bits per heavy atom. The summed E-state index contributed by atoms with van der Waals surface area (Å²) >= 11 is 0. The van der Waals surface area contributed by atoms with Crippen LogP contribution in [0, 0.1) is 0 Å². The molecule has 310 valence electrons. The molecule has 0 aromatic heterocycles. The van der Waals surface area contributed by atoms with Crippen molar-refractivity contribution in [3.05, 3.63) is 108 Å². The van der Waals surface area contributed by atoms with E-state index in [4.69, 9.17) is 5.11 Å². The number of unbranched alkanes of at least 4 members (excludes halogenated alkanes) is 11. The maximum atomic E-state index is 13.2. The summed E-state index contributed by atoms with van der Waals surface area (Å²) < 4.78 is 2.53. The van der Waals surface area contributed by atoms with Crippen molar-refractivity contribution in [2.24, 2.45) is 0 Å². The highest BCUT2D eigenvalue weighted by Gasteiger charge is 2.47. The molecule has 2 aliphatic rings. The minimum Gasteiger partial charge on any atom is -1.00 e. The average Bonchev–Trinajstić information content (AvgIpc) is 3.55. The number of benzene rings is 4. The van der Waals surface area contributed by atoms with E-state index in [2.05, 4.69) is 135 Å². The van der Waals surface area contributed by atoms with Crippen LogP contribution in [0.1, 0.15) is 142 Å². The summed E-state index contributed by atoms with van der Waals surface area (Å²) in [5, 5.41) is 24.7. The van der Waals surface area contributed by atoms with Gasteiger partial charge in [0.25, 0.3) is 0 Å². The molecule has 0 saturated heterocycles. The van der Waals surface area contributed by atoms with Crippen molar-refractivity contribution in [2.45, 2.75) is 148 Å². The van der Waals surface area contributed by atoms with E-state index >= 15 is 0 Å². The van der Waals surface area contributed by atoms with E-state index in [0.29, 0.717) is 6.42 Å². The van der Waals surface area contributed by atoms with Gasteiger partial charge in [-0.25, -0.2) is 4.79 Å². The Morgan fingerprint density at radius 2 is 1.26 bits per heavy atom. The van der Waals surface area contributed by atoms with E-state index in [1.54, 1.807) is 0 Å². The molecular formula is C51H65BrN2O4. The van der Waals surface area contributed by atoms with Crippen LogP contribution < -0.4 is 21.9 Å². The van der Waals surface area contributed by atoms with Crippen LogP contribution in [0.5, 0.6) is 0 Å². The molecule has 4 aromatic rings. The maximum absolute atomic E-state index is 13.2. The minimum atomic E-state index is -0.768. The fraction of sp³-hybridized carbons (Fsp3) is 0.471. The molecule has 58 heavy (non-hydrogen) atoms. The summed E-state index contributed by atoms with van der Waals surface area (Å²) in [6.07, 6.45) is 21.6. The molecule has 0 amide bonds. The summed E-state index contributed by atoms with van der Waals surface area (Å²) in [5.74, 6) is -1.47. The van der Waals surface area contributed by atoms with Gasteiger partial charge in [-0.1, -0.05) is 146 Å². The van der Waals surface area contributed by atoms with E-state index in [9.17, 15) is 14.7 Å². The van der Waals surface area contributed by atoms with Crippen molar-refractivity contribution in [3.8, 4) is 0 Å². The molecule has 0 bridgehead atoms. The smallest absolute Gasteiger partial charge is 0.326 e. The Morgan fingerprint density at radius 1 is 0.690 bits per heavy atom. The first-order valence-corrected chi connectivity index (χ1v) is 21.8. The topological polar surface area (TPSA) is 80.8 Å². The highest BCUT2D eigenvalue weighted by atomic mass is 79.9. The van der Waals surface area contributed by atoms with E-state index in [-0.39, 0.29) is 28.8 Å². The highest BCUT2D eigenvalue weighted by Crippen LogP contribution is 2.52. The molecule has 0 fully saturated rings. The van der Waals surface area contributed by atoms with Gasteiger partial charge in [-0.05, 0) is 78.4 Å². The molecular weight excluding hydrogens is 784 g/mol. The van der Waals surface area contributed by atoms with E-state index in [1.807, 2.05) is 0 Å². The van der Waals surface area contributed by atoms with Gasteiger partial charge in [0, 0.05) is 47.3 Å². The molecule has 1 unspecified atom stereocenters. The lowest BCUT2D eigenvalue weighted by atomic mass is 9.79. The number of fused-ring (bicyclic) bond motifs is 6. The van der Waals surface area contributed by atoms with Crippen molar-refractivity contribution >= 4 is 50.6 Å². The molecule has 1 atom stereocenters. The quantitative estimate of drug-likeness (QED) is 0.0645. The second-order valence-corrected chi connectivity index (χ2v) is 17.5. The van der Waals surface area contributed by atoms with Gasteiger partial charge in [-0.15, -0.1) is 0 Å². The second-order valence-electron chi connectivity index (χ2n) is 17.5. The Bertz CT molecular complexity index is 2160. The highest BCUT2D eigenvalue weighted by molar-refractivity contribution is 6.08. The average molecular weight is 850 g/mol. The Kier molecular flexibility index (Phi) is 15.6. The second kappa shape index (κ2) is 20.2. The fourth-order valence-corrected chi connectivity index (χ4v) is 9.72. The van der Waals surface area contributed by atoms with Gasteiger partial charge in [0.15, 0.2) is 5.71 Å². The molecule has 0 radical (unpaired) electrons. The predicted octanol–water partition coefficient (Wildman–Crippen LogP) is 10.0. The molecule has 2 heterocycles. The number of rotatable bonds is 21. The number of hydrogen-bond acceptors (Lipinski definition) is 3. The van der Waals surface area contributed by atoms with Crippen molar-refractivity contribution in [1.82, 2.24) is 0 Å². The molecule has 4 aromatic carbocycles. The van der Waals surface area contributed by atoms with Gasteiger partial charge in [0.05, 0.1) is 5.41 Å². The van der Waals surface area contributed by atoms with Gasteiger partial charge in [0.1, 0.15) is 12.6 Å². The summed E-state index contributed by atoms with van der Waals surface area (Å²) in [6.45, 7) is 12.3. The molecule has 6 rings (SSSR count). The van der Waals surface area contributed by atoms with Gasteiger partial charge in [0.2, 0.25) is 5.69 Å². The number of carboxylic acid groups (broad SMARTS) is 2. The van der Waals surface area contributed by atoms with Gasteiger partial charge in [-0.3, -0.25) is 4.79 Å². The summed E-state index contributed by atoms with van der Waals surface area (Å²) in [7, 11) is 0. The number of nitrogens with zero attached hydrogens (tertiary/aromatic N) is 2. The zero-order valence-electron chi connectivity index (χ0n) is 35.5. The fourth-order valence-electron chi connectivity index (χ4n) is 9.72. The zero-order valence-corrected chi connectivity index (χ0v) is 37.1. The van der Waals surface area contributed by atoms with Crippen molar-refractivity contribution in [1.29, 1.82) is 0 Å². The number of carboxylic acids is 2. The number of hydrogen-bond donors (Lipinski definition) is 2. The van der Waals surface area contributed by atoms with E-state index < -0.39 is 23.4 Å². The number of halogens is 1. The van der Waals surface area contributed by atoms with Gasteiger partial charge >= 0.3 is 11.9 Å². The van der Waals surface area contributed by atoms with Crippen LogP contribution in [0.2, 0.25) is 0 Å². The molecule has 0 saturated carbocycles. The number of anilines is 1. The third kappa shape index (κ3) is 9.62. The lowest BCUT2D eigenvalue weighted by molar-refractivity contribution is -0.438. The standard InChI is InChI=1S/C51H64N2O4.BrH/c1-6-7-8-9-13-16-28-43(49(56)57)53-42-35-33-38-25-19-21-27-40(38)48(42)51(4,5)45(53)30-23-29-44-50(2,3)47-39-26-20-18-24-37(39)32-34-41(47)52(44)36-22-15-12-10-11-14-17-31-46(54)55;/h18-21,23-27,29-30,32-35,43H,6-17,22,28,31,36H2,1-5H3,(H-,54,55,56,57);1H. The number of carbonyl (C=O) groups is 2. The Balaban J connectivity index is 0.00000641. The monoisotopic (exact) mass is 848 g/mol. The maximum Gasteiger partial charge on any atom is 0.326 e. The third-order valence-corrected chi connectivity index (χ3v) is 12.7. The zero-order chi connectivity index (χ0) is 40.6. The lowest BCUT2D eigenvalue weighted by Crippen LogP contribution is -3.00. The Hall–Kier alpha value is -4.23. The molecule has 7 heteroatoms. The number of aliphatic carboxylic acids is 2. The van der Waals surface area contributed by atoms with Crippen LogP contribution in [0.25, 0.3) is 21.5 Å². The van der Waals surface area contributed by atoms with Crippen molar-refractivity contribution in [2.75, 3.05) is 11.4 Å². The summed E-state index contributed by atoms with van der Waals surface area (Å²) in [5.41, 5.74) is 6.45. The van der Waals surface area contributed by atoms with Crippen LogP contribution in [0.3, 0.4) is 0 Å². The summed E-state index contributed by atoms with van der Waals surface area (Å²) in [6, 6.07) is 25.4. The normalized spacial score (nSPS) is 16.6. The largest absolute Gasteiger partial charge is 1.00 e. The SMILES string of the molecule is CCCCCCCCC(C(=O)O)N1C(=CC=CC2=[N+](CCCCCCCCCC(=O)O)c3ccc4ccccc4c3C2(C)C)C(C)(C)c2c1ccc1ccccc21.[Br-]. The summed E-state index contributed by atoms with van der Waals surface area (Å²) in [4.78, 5) is 26.3. The first kappa shape index (κ1) is 44.9. The molecule has 6 nitrogen and oxygen atoms in total. The third-order valence-electron chi connectivity index (χ3n) is 12.7. The van der Waals surface area contributed by atoms with Crippen molar-refractivity contribution < 1.29 is 41.4 Å². The van der Waals surface area contributed by atoms with E-state index in [1.165, 1.54) is 63.3 Å². The first-order chi connectivity index (χ1) is 27.5. The van der Waals surface area contributed by atoms with Crippen LogP contribution in [-0.4, -0.2) is 45.0 Å². The molecule has 2 aliphatic heterocycles. The molecule has 2 N–H and O–H groups in total. The van der Waals surface area contributed by atoms with Crippen LogP contribution in [0.15, 0.2) is 96.7 Å². The van der Waals surface area contributed by atoms with Crippen LogP contribution in [-0.2, 0) is 20.4 Å². The molecule has 0 spiro atoms. The van der Waals surface area contributed by atoms with Crippen molar-refractivity contribution in [3.63, 3.8) is 0 Å². The van der Waals surface area contributed by atoms with Crippen LogP contribution >= 0.6 is 0 Å². The Labute approximate surface area is 357 Å². The van der Waals surface area contributed by atoms with E-state index in [0.717, 1.165) is 82.1 Å². The van der Waals surface area contributed by atoms with Crippen LogP contribution in [0.4, 0.5) is 11.4 Å². The minimum absolute atomic E-state index is 0. The van der Waals surface area contributed by atoms with Gasteiger partial charge in [-0.2, -0.15) is 4.58 Å². The first-order valence-electron chi connectivity index (χ1n) is 21.8.